The zero-order chi connectivity index (χ0) is 16.4. The van der Waals surface area contributed by atoms with Gasteiger partial charge in [-0.3, -0.25) is 4.79 Å². The Kier molecular flexibility index (Phi) is 3.72. The smallest absolute Gasteiger partial charge is 0.228 e. The highest BCUT2D eigenvalue weighted by molar-refractivity contribution is 6.10. The molecule has 0 fully saturated rings. The third kappa shape index (κ3) is 2.74. The number of para-hydroxylation sites is 1. The van der Waals surface area contributed by atoms with E-state index >= 15 is 0 Å². The SMILES string of the molecule is O=C(Cc1cc2ccccc2c2ccccc12)Nc1ccccc1. The van der Waals surface area contributed by atoms with Gasteiger partial charge in [0, 0.05) is 5.69 Å². The summed E-state index contributed by atoms with van der Waals surface area (Å²) >= 11 is 0. The summed E-state index contributed by atoms with van der Waals surface area (Å²) < 4.78 is 0. The monoisotopic (exact) mass is 311 g/mol. The summed E-state index contributed by atoms with van der Waals surface area (Å²) in [6.45, 7) is 0. The fourth-order valence-corrected chi connectivity index (χ4v) is 3.18. The Morgan fingerprint density at radius 1 is 0.708 bits per heavy atom. The van der Waals surface area contributed by atoms with Crippen LogP contribution in [0.3, 0.4) is 0 Å². The van der Waals surface area contributed by atoms with E-state index in [1.165, 1.54) is 16.2 Å². The van der Waals surface area contributed by atoms with Crippen LogP contribution in [0.2, 0.25) is 0 Å². The molecule has 2 nitrogen and oxygen atoms in total. The quantitative estimate of drug-likeness (QED) is 0.519. The number of fused-ring (bicyclic) bond motifs is 3. The average molecular weight is 311 g/mol. The van der Waals surface area contributed by atoms with Crippen LogP contribution in [0, 0.1) is 0 Å². The summed E-state index contributed by atoms with van der Waals surface area (Å²) in [6.07, 6.45) is 0.361. The Balaban J connectivity index is 1.74. The number of nitrogens with one attached hydrogen (secondary N) is 1. The molecule has 0 atom stereocenters. The number of hydrogen-bond acceptors (Lipinski definition) is 1. The average Bonchev–Trinajstić information content (AvgIpc) is 2.63. The van der Waals surface area contributed by atoms with E-state index in [1.807, 2.05) is 48.5 Å². The second-order valence-corrected chi connectivity index (χ2v) is 5.89. The van der Waals surface area contributed by atoms with Crippen LogP contribution in [0.4, 0.5) is 5.69 Å². The van der Waals surface area contributed by atoms with Gasteiger partial charge in [0.05, 0.1) is 6.42 Å². The highest BCUT2D eigenvalue weighted by atomic mass is 16.1. The first-order valence-electron chi connectivity index (χ1n) is 8.05. The molecule has 0 bridgehead atoms. The zero-order valence-corrected chi connectivity index (χ0v) is 13.2. The van der Waals surface area contributed by atoms with Crippen molar-refractivity contribution in [1.29, 1.82) is 0 Å². The molecule has 4 aromatic carbocycles. The van der Waals surface area contributed by atoms with E-state index in [-0.39, 0.29) is 5.91 Å². The Hall–Kier alpha value is -3.13. The van der Waals surface area contributed by atoms with Gasteiger partial charge < -0.3 is 5.32 Å². The fourth-order valence-electron chi connectivity index (χ4n) is 3.18. The molecule has 1 amide bonds. The molecule has 0 heterocycles. The molecule has 0 aliphatic carbocycles. The first kappa shape index (κ1) is 14.5. The standard InChI is InChI=1S/C22H17NO/c24-22(23-18-9-2-1-3-10-18)15-17-14-16-8-4-5-11-19(16)21-13-7-6-12-20(17)21/h1-14H,15H2,(H,23,24). The van der Waals surface area contributed by atoms with Crippen LogP contribution in [-0.2, 0) is 11.2 Å². The Bertz CT molecular complexity index is 1020. The van der Waals surface area contributed by atoms with Crippen molar-refractivity contribution in [1.82, 2.24) is 0 Å². The molecular formula is C22H17NO. The van der Waals surface area contributed by atoms with Crippen LogP contribution >= 0.6 is 0 Å². The molecule has 0 spiro atoms. The van der Waals surface area contributed by atoms with Crippen molar-refractivity contribution in [3.8, 4) is 0 Å². The van der Waals surface area contributed by atoms with Gasteiger partial charge in [-0.15, -0.1) is 0 Å². The topological polar surface area (TPSA) is 29.1 Å². The molecule has 116 valence electrons. The van der Waals surface area contributed by atoms with Crippen LogP contribution in [0.25, 0.3) is 21.5 Å². The summed E-state index contributed by atoms with van der Waals surface area (Å²) in [5, 5.41) is 7.68. The van der Waals surface area contributed by atoms with Gasteiger partial charge in [0.25, 0.3) is 0 Å². The lowest BCUT2D eigenvalue weighted by Gasteiger charge is -2.11. The maximum Gasteiger partial charge on any atom is 0.228 e. The molecule has 4 rings (SSSR count). The van der Waals surface area contributed by atoms with E-state index in [2.05, 4.69) is 41.7 Å². The summed E-state index contributed by atoms with van der Waals surface area (Å²) in [7, 11) is 0. The summed E-state index contributed by atoms with van der Waals surface area (Å²) in [6, 6.07) is 28.3. The number of carbonyl (C=O) groups is 1. The normalized spacial score (nSPS) is 10.8. The summed E-state index contributed by atoms with van der Waals surface area (Å²) in [4.78, 5) is 12.5. The van der Waals surface area contributed by atoms with Gasteiger partial charge in [-0.2, -0.15) is 0 Å². The maximum atomic E-state index is 12.5. The van der Waals surface area contributed by atoms with Crippen molar-refractivity contribution in [2.45, 2.75) is 6.42 Å². The van der Waals surface area contributed by atoms with E-state index in [0.29, 0.717) is 6.42 Å². The van der Waals surface area contributed by atoms with Gasteiger partial charge in [-0.25, -0.2) is 0 Å². The lowest BCUT2D eigenvalue weighted by atomic mass is 9.95. The third-order valence-corrected chi connectivity index (χ3v) is 4.26. The van der Waals surface area contributed by atoms with E-state index in [9.17, 15) is 4.79 Å². The van der Waals surface area contributed by atoms with Crippen LogP contribution in [-0.4, -0.2) is 5.91 Å². The van der Waals surface area contributed by atoms with Crippen molar-refractivity contribution >= 4 is 33.1 Å². The summed E-state index contributed by atoms with van der Waals surface area (Å²) in [5.41, 5.74) is 1.88. The highest BCUT2D eigenvalue weighted by Crippen LogP contribution is 2.29. The third-order valence-electron chi connectivity index (χ3n) is 4.26. The predicted octanol–water partition coefficient (Wildman–Crippen LogP) is 5.17. The minimum absolute atomic E-state index is 0.00151. The largest absolute Gasteiger partial charge is 0.326 e. The van der Waals surface area contributed by atoms with Crippen LogP contribution in [0.1, 0.15) is 5.56 Å². The van der Waals surface area contributed by atoms with Gasteiger partial charge in [0.1, 0.15) is 0 Å². The second-order valence-electron chi connectivity index (χ2n) is 5.89. The van der Waals surface area contributed by atoms with Gasteiger partial charge in [0.2, 0.25) is 5.91 Å². The lowest BCUT2D eigenvalue weighted by molar-refractivity contribution is -0.115. The van der Waals surface area contributed by atoms with Crippen molar-refractivity contribution in [3.05, 3.63) is 90.5 Å². The number of carbonyl (C=O) groups excluding carboxylic acids is 1. The Morgan fingerprint density at radius 2 is 1.33 bits per heavy atom. The second kappa shape index (κ2) is 6.17. The van der Waals surface area contributed by atoms with Gasteiger partial charge in [-0.05, 0) is 45.3 Å². The number of benzene rings is 4. The number of hydrogen-bond donors (Lipinski definition) is 1. The molecule has 0 saturated heterocycles. The molecule has 0 saturated carbocycles. The van der Waals surface area contributed by atoms with E-state index in [1.54, 1.807) is 0 Å². The molecule has 0 aliphatic heterocycles. The van der Waals surface area contributed by atoms with Gasteiger partial charge in [0.15, 0.2) is 0 Å². The van der Waals surface area contributed by atoms with Crippen molar-refractivity contribution in [2.24, 2.45) is 0 Å². The molecule has 0 aromatic heterocycles. The molecule has 0 unspecified atom stereocenters. The van der Waals surface area contributed by atoms with Crippen LogP contribution < -0.4 is 5.32 Å². The van der Waals surface area contributed by atoms with Crippen molar-refractivity contribution in [3.63, 3.8) is 0 Å². The van der Waals surface area contributed by atoms with Crippen molar-refractivity contribution < 1.29 is 4.79 Å². The molecule has 4 aromatic rings. The van der Waals surface area contributed by atoms with E-state index in [0.717, 1.165) is 16.6 Å². The van der Waals surface area contributed by atoms with Crippen LogP contribution in [0.15, 0.2) is 84.9 Å². The highest BCUT2D eigenvalue weighted by Gasteiger charge is 2.10. The minimum Gasteiger partial charge on any atom is -0.326 e. The van der Waals surface area contributed by atoms with Crippen molar-refractivity contribution in [2.75, 3.05) is 5.32 Å². The van der Waals surface area contributed by atoms with E-state index in [4.69, 9.17) is 0 Å². The number of rotatable bonds is 3. The fraction of sp³-hybridized carbons (Fsp3) is 0.0455. The molecule has 1 N–H and O–H groups in total. The molecule has 0 aliphatic rings. The molecule has 2 heteroatoms. The summed E-state index contributed by atoms with van der Waals surface area (Å²) in [5.74, 6) is 0.00151. The minimum atomic E-state index is 0.00151. The molecular weight excluding hydrogens is 294 g/mol. The first-order chi connectivity index (χ1) is 11.8. The molecule has 0 radical (unpaired) electrons. The maximum absolute atomic E-state index is 12.5. The Labute approximate surface area is 140 Å². The lowest BCUT2D eigenvalue weighted by Crippen LogP contribution is -2.14. The zero-order valence-electron chi connectivity index (χ0n) is 13.2. The van der Waals surface area contributed by atoms with Crippen LogP contribution in [0.5, 0.6) is 0 Å². The molecule has 24 heavy (non-hydrogen) atoms. The van der Waals surface area contributed by atoms with E-state index < -0.39 is 0 Å². The number of anilines is 1. The van der Waals surface area contributed by atoms with Gasteiger partial charge >= 0.3 is 0 Å². The predicted molar refractivity (Wildman–Crippen MR) is 100 cm³/mol. The Morgan fingerprint density at radius 3 is 2.12 bits per heavy atom. The number of amides is 1. The first-order valence-corrected chi connectivity index (χ1v) is 8.05. The van der Waals surface area contributed by atoms with Gasteiger partial charge in [-0.1, -0.05) is 66.7 Å².